The first-order valence-corrected chi connectivity index (χ1v) is 7.94. The molecule has 0 amide bonds. The summed E-state index contributed by atoms with van der Waals surface area (Å²) in [5.41, 5.74) is 0.823. The van der Waals surface area contributed by atoms with Gasteiger partial charge in [-0.05, 0) is 50.9 Å². The fraction of sp³-hybridized carbons (Fsp3) is 0.467. The molecule has 3 rings (SSSR count). The van der Waals surface area contributed by atoms with Gasteiger partial charge in [0.1, 0.15) is 5.82 Å². The van der Waals surface area contributed by atoms with E-state index in [4.69, 9.17) is 16.0 Å². The predicted octanol–water partition coefficient (Wildman–Crippen LogP) is 3.04. The quantitative estimate of drug-likeness (QED) is 0.763. The number of rotatable bonds is 4. The lowest BCUT2D eigenvalue weighted by Gasteiger charge is -2.29. The molecule has 6 nitrogen and oxygen atoms in total. The van der Waals surface area contributed by atoms with E-state index >= 15 is 0 Å². The molecule has 1 aliphatic rings. The van der Waals surface area contributed by atoms with Gasteiger partial charge >= 0.3 is 5.76 Å². The lowest BCUT2D eigenvalue weighted by Crippen LogP contribution is -2.36. The average molecular weight is 377 g/mol. The SMILES string of the molecule is C[C@H](Nc1cc(-c2n[nH]c(=O)o2)cc(F)c1Cl)C1CCNCC1.Cl. The van der Waals surface area contributed by atoms with Gasteiger partial charge in [0, 0.05) is 11.6 Å². The summed E-state index contributed by atoms with van der Waals surface area (Å²) >= 11 is 6.07. The standard InChI is InChI=1S/C15H18ClFN4O2.ClH/c1-8(9-2-4-18-5-3-9)19-12-7-10(6-11(17)13(12)16)14-20-21-15(22)23-14;/h6-9,18-19H,2-5H2,1H3,(H,21,22);1H/t8-;/m0./s1. The van der Waals surface area contributed by atoms with Gasteiger partial charge in [-0.3, -0.25) is 0 Å². The lowest BCUT2D eigenvalue weighted by molar-refractivity contribution is 0.343. The molecule has 0 radical (unpaired) electrons. The highest BCUT2D eigenvalue weighted by Crippen LogP contribution is 2.32. The number of hydrogen-bond acceptors (Lipinski definition) is 5. The molecule has 2 heterocycles. The summed E-state index contributed by atoms with van der Waals surface area (Å²) in [5, 5.41) is 12.5. The van der Waals surface area contributed by atoms with Gasteiger partial charge in [0.05, 0.1) is 10.7 Å². The highest BCUT2D eigenvalue weighted by atomic mass is 35.5. The molecule has 0 aliphatic carbocycles. The Morgan fingerprint density at radius 3 is 2.75 bits per heavy atom. The van der Waals surface area contributed by atoms with Gasteiger partial charge in [-0.15, -0.1) is 17.5 Å². The van der Waals surface area contributed by atoms with E-state index in [1.165, 1.54) is 6.07 Å². The largest absolute Gasteiger partial charge is 0.434 e. The minimum atomic E-state index is -0.687. The zero-order valence-electron chi connectivity index (χ0n) is 13.1. The van der Waals surface area contributed by atoms with Crippen LogP contribution in [0, 0.1) is 11.7 Å². The number of benzene rings is 1. The monoisotopic (exact) mass is 376 g/mol. The lowest BCUT2D eigenvalue weighted by atomic mass is 9.91. The number of anilines is 1. The highest BCUT2D eigenvalue weighted by molar-refractivity contribution is 6.33. The van der Waals surface area contributed by atoms with Crippen LogP contribution in [0.2, 0.25) is 5.02 Å². The van der Waals surface area contributed by atoms with E-state index < -0.39 is 11.6 Å². The Balaban J connectivity index is 0.00000208. The molecule has 1 atom stereocenters. The van der Waals surface area contributed by atoms with E-state index in [-0.39, 0.29) is 29.4 Å². The molecule has 0 unspecified atom stereocenters. The number of aromatic amines is 1. The number of hydrogen-bond donors (Lipinski definition) is 3. The third-order valence-electron chi connectivity index (χ3n) is 4.19. The van der Waals surface area contributed by atoms with Crippen LogP contribution in [0.4, 0.5) is 10.1 Å². The maximum atomic E-state index is 14.1. The molecule has 3 N–H and O–H groups in total. The maximum Gasteiger partial charge on any atom is 0.434 e. The molecule has 1 fully saturated rings. The molecule has 1 aromatic heterocycles. The van der Waals surface area contributed by atoms with Gasteiger partial charge in [-0.2, -0.15) is 0 Å². The molecule has 0 spiro atoms. The molecule has 1 aromatic carbocycles. The number of H-pyrrole nitrogens is 1. The van der Waals surface area contributed by atoms with Crippen molar-refractivity contribution in [3.63, 3.8) is 0 Å². The average Bonchev–Trinajstić information content (AvgIpc) is 2.99. The zero-order chi connectivity index (χ0) is 16.4. The van der Waals surface area contributed by atoms with Crippen molar-refractivity contribution in [3.05, 3.63) is 33.5 Å². The number of halogens is 3. The molecule has 0 bridgehead atoms. The first-order chi connectivity index (χ1) is 11.0. The van der Waals surface area contributed by atoms with E-state index in [0.717, 1.165) is 25.9 Å². The number of aromatic nitrogens is 2. The summed E-state index contributed by atoms with van der Waals surface area (Å²) < 4.78 is 19.0. The predicted molar refractivity (Wildman–Crippen MR) is 93.5 cm³/mol. The summed E-state index contributed by atoms with van der Waals surface area (Å²) in [5.74, 6) is -0.756. The van der Waals surface area contributed by atoms with Crippen LogP contribution in [0.25, 0.3) is 11.5 Å². The van der Waals surface area contributed by atoms with E-state index in [9.17, 15) is 9.18 Å². The Morgan fingerprint density at radius 1 is 1.42 bits per heavy atom. The molecule has 0 saturated carbocycles. The van der Waals surface area contributed by atoms with Gasteiger partial charge in [0.25, 0.3) is 0 Å². The van der Waals surface area contributed by atoms with Crippen LogP contribution in [0.15, 0.2) is 21.3 Å². The maximum absolute atomic E-state index is 14.1. The molecular weight excluding hydrogens is 358 g/mol. The van der Waals surface area contributed by atoms with Gasteiger partial charge in [0.2, 0.25) is 5.89 Å². The smallest absolute Gasteiger partial charge is 0.388 e. The van der Waals surface area contributed by atoms with Crippen molar-refractivity contribution in [3.8, 4) is 11.5 Å². The molecule has 132 valence electrons. The van der Waals surface area contributed by atoms with E-state index in [2.05, 4.69) is 27.8 Å². The van der Waals surface area contributed by atoms with Crippen molar-refractivity contribution >= 4 is 29.7 Å². The topological polar surface area (TPSA) is 83.0 Å². The molecule has 1 saturated heterocycles. The second-order valence-electron chi connectivity index (χ2n) is 5.76. The van der Waals surface area contributed by atoms with E-state index in [1.807, 2.05) is 0 Å². The Labute approximate surface area is 149 Å². The van der Waals surface area contributed by atoms with Crippen LogP contribution >= 0.6 is 24.0 Å². The van der Waals surface area contributed by atoms with Crippen LogP contribution < -0.4 is 16.4 Å². The van der Waals surface area contributed by atoms with Crippen molar-refractivity contribution in [1.29, 1.82) is 0 Å². The third kappa shape index (κ3) is 4.09. The summed E-state index contributed by atoms with van der Waals surface area (Å²) in [6.07, 6.45) is 2.12. The van der Waals surface area contributed by atoms with Gasteiger partial charge < -0.3 is 15.1 Å². The molecule has 24 heavy (non-hydrogen) atoms. The number of piperidine rings is 1. The van der Waals surface area contributed by atoms with Crippen molar-refractivity contribution < 1.29 is 8.81 Å². The highest BCUT2D eigenvalue weighted by Gasteiger charge is 2.22. The summed E-state index contributed by atoms with van der Waals surface area (Å²) in [6, 6.07) is 2.99. The Hall–Kier alpha value is -1.57. The fourth-order valence-corrected chi connectivity index (χ4v) is 3.04. The first-order valence-electron chi connectivity index (χ1n) is 7.57. The van der Waals surface area contributed by atoms with Crippen molar-refractivity contribution in [2.45, 2.75) is 25.8 Å². The molecule has 2 aromatic rings. The van der Waals surface area contributed by atoms with Crippen LogP contribution in [0.1, 0.15) is 19.8 Å². The number of nitrogens with one attached hydrogen (secondary N) is 3. The normalized spacial score (nSPS) is 16.5. The van der Waals surface area contributed by atoms with Crippen LogP contribution in [-0.2, 0) is 0 Å². The van der Waals surface area contributed by atoms with Crippen LogP contribution in [0.3, 0.4) is 0 Å². The summed E-state index contributed by atoms with van der Waals surface area (Å²) in [7, 11) is 0. The van der Waals surface area contributed by atoms with Gasteiger partial charge in [-0.25, -0.2) is 14.3 Å². The second-order valence-corrected chi connectivity index (χ2v) is 6.14. The minimum absolute atomic E-state index is 0. The van der Waals surface area contributed by atoms with Gasteiger partial charge in [0.15, 0.2) is 0 Å². The fourth-order valence-electron chi connectivity index (χ4n) is 2.88. The third-order valence-corrected chi connectivity index (χ3v) is 4.57. The van der Waals surface area contributed by atoms with Crippen molar-refractivity contribution in [2.24, 2.45) is 5.92 Å². The van der Waals surface area contributed by atoms with Crippen molar-refractivity contribution in [2.75, 3.05) is 18.4 Å². The van der Waals surface area contributed by atoms with E-state index in [1.54, 1.807) is 6.07 Å². The first kappa shape index (κ1) is 18.8. The minimum Gasteiger partial charge on any atom is -0.388 e. The summed E-state index contributed by atoms with van der Waals surface area (Å²) in [4.78, 5) is 11.1. The van der Waals surface area contributed by atoms with Gasteiger partial charge in [-0.1, -0.05) is 11.6 Å². The second kappa shape index (κ2) is 8.00. The zero-order valence-corrected chi connectivity index (χ0v) is 14.6. The van der Waals surface area contributed by atoms with Crippen LogP contribution in [0.5, 0.6) is 0 Å². The molecule has 1 aliphatic heterocycles. The Kier molecular flexibility index (Phi) is 6.26. The molecular formula is C15H19Cl2FN4O2. The van der Waals surface area contributed by atoms with Crippen LogP contribution in [-0.4, -0.2) is 29.3 Å². The Bertz CT molecular complexity index is 743. The van der Waals surface area contributed by atoms with E-state index in [0.29, 0.717) is 17.2 Å². The van der Waals surface area contributed by atoms with Crippen molar-refractivity contribution in [1.82, 2.24) is 15.5 Å². The number of nitrogens with zero attached hydrogens (tertiary/aromatic N) is 1. The Morgan fingerprint density at radius 2 is 2.12 bits per heavy atom. The molecule has 9 heteroatoms. The summed E-state index contributed by atoms with van der Waals surface area (Å²) in [6.45, 7) is 4.03.